The van der Waals surface area contributed by atoms with Gasteiger partial charge in [0, 0.05) is 23.4 Å². The van der Waals surface area contributed by atoms with E-state index in [4.69, 9.17) is 4.74 Å². The molecule has 0 spiro atoms. The smallest absolute Gasteiger partial charge is 0.273 e. The molecule has 0 fully saturated rings. The molecule has 2 heterocycles. The molecule has 2 aromatic rings. The lowest BCUT2D eigenvalue weighted by Crippen LogP contribution is -2.05. The number of aromatic nitrogens is 2. The molecule has 1 aliphatic heterocycles. The second-order valence-electron chi connectivity index (χ2n) is 3.47. The number of nitro benzene ring substituents is 1. The van der Waals surface area contributed by atoms with Gasteiger partial charge in [0.05, 0.1) is 11.0 Å². The molecule has 0 aliphatic carbocycles. The summed E-state index contributed by atoms with van der Waals surface area (Å²) in [7, 11) is 0. The maximum atomic E-state index is 10.6. The second-order valence-corrected chi connectivity index (χ2v) is 3.47. The standard InChI is InChI=1S/C10H7N3O3/c14-13(15)6-1-2-7-8-4-11-12-9(8)5-16-10(7)3-6/h1-4H,5H2,(H,11,12). The number of rotatable bonds is 1. The number of non-ortho nitro benzene ring substituents is 1. The van der Waals surface area contributed by atoms with Gasteiger partial charge in [0.15, 0.2) is 0 Å². The topological polar surface area (TPSA) is 81.1 Å². The Kier molecular flexibility index (Phi) is 1.70. The van der Waals surface area contributed by atoms with Crippen LogP contribution in [0.1, 0.15) is 5.69 Å². The minimum atomic E-state index is -0.436. The van der Waals surface area contributed by atoms with Crippen LogP contribution in [-0.2, 0) is 6.61 Å². The highest BCUT2D eigenvalue weighted by Crippen LogP contribution is 2.38. The molecule has 0 radical (unpaired) electrons. The average Bonchev–Trinajstić information content (AvgIpc) is 2.76. The lowest BCUT2D eigenvalue weighted by Gasteiger charge is -2.15. The fourth-order valence-electron chi connectivity index (χ4n) is 1.77. The first-order valence-corrected chi connectivity index (χ1v) is 4.70. The van der Waals surface area contributed by atoms with E-state index in [-0.39, 0.29) is 5.69 Å². The molecule has 6 heteroatoms. The Balaban J connectivity index is 2.17. The minimum absolute atomic E-state index is 0.0331. The summed E-state index contributed by atoms with van der Waals surface area (Å²) >= 11 is 0. The van der Waals surface area contributed by atoms with Crippen molar-refractivity contribution in [2.75, 3.05) is 0 Å². The van der Waals surface area contributed by atoms with E-state index in [2.05, 4.69) is 10.2 Å². The van der Waals surface area contributed by atoms with Gasteiger partial charge in [-0.1, -0.05) is 0 Å². The van der Waals surface area contributed by atoms with Gasteiger partial charge in [-0.2, -0.15) is 5.10 Å². The van der Waals surface area contributed by atoms with Gasteiger partial charge in [0.2, 0.25) is 0 Å². The van der Waals surface area contributed by atoms with Crippen molar-refractivity contribution in [3.8, 4) is 16.9 Å². The van der Waals surface area contributed by atoms with Crippen LogP contribution >= 0.6 is 0 Å². The van der Waals surface area contributed by atoms with Crippen LogP contribution < -0.4 is 4.74 Å². The zero-order valence-corrected chi connectivity index (χ0v) is 8.14. The monoisotopic (exact) mass is 217 g/mol. The average molecular weight is 217 g/mol. The molecule has 1 N–H and O–H groups in total. The molecule has 1 aromatic heterocycles. The highest BCUT2D eigenvalue weighted by Gasteiger charge is 2.21. The first-order chi connectivity index (χ1) is 7.75. The SMILES string of the molecule is O=[N+]([O-])c1ccc2c(c1)OCc1n[nH]cc1-2. The van der Waals surface area contributed by atoms with E-state index in [1.54, 1.807) is 12.3 Å². The van der Waals surface area contributed by atoms with Gasteiger partial charge in [-0.15, -0.1) is 0 Å². The van der Waals surface area contributed by atoms with Crippen LogP contribution in [0.5, 0.6) is 5.75 Å². The molecule has 0 bridgehead atoms. The number of fused-ring (bicyclic) bond motifs is 3. The van der Waals surface area contributed by atoms with E-state index in [9.17, 15) is 10.1 Å². The Hall–Kier alpha value is -2.37. The fourth-order valence-corrected chi connectivity index (χ4v) is 1.77. The summed E-state index contributed by atoms with van der Waals surface area (Å²) in [5.74, 6) is 0.531. The molecule has 6 nitrogen and oxygen atoms in total. The number of ether oxygens (including phenoxy) is 1. The normalized spacial score (nSPS) is 12.5. The summed E-state index contributed by atoms with van der Waals surface area (Å²) in [6.07, 6.45) is 1.77. The molecule has 1 aliphatic rings. The maximum absolute atomic E-state index is 10.6. The van der Waals surface area contributed by atoms with Gasteiger partial charge in [0.25, 0.3) is 5.69 Å². The molecule has 0 saturated carbocycles. The predicted molar refractivity (Wildman–Crippen MR) is 55.0 cm³/mol. The van der Waals surface area contributed by atoms with Gasteiger partial charge in [-0.3, -0.25) is 15.2 Å². The third kappa shape index (κ3) is 1.16. The Morgan fingerprint density at radius 1 is 1.44 bits per heavy atom. The second kappa shape index (κ2) is 3.06. The number of H-pyrrole nitrogens is 1. The molecular weight excluding hydrogens is 210 g/mol. The molecule has 3 rings (SSSR count). The van der Waals surface area contributed by atoms with Crippen molar-refractivity contribution in [1.82, 2.24) is 10.2 Å². The molecule has 0 amide bonds. The van der Waals surface area contributed by atoms with Crippen LogP contribution in [-0.4, -0.2) is 15.1 Å². The zero-order chi connectivity index (χ0) is 11.1. The highest BCUT2D eigenvalue weighted by molar-refractivity contribution is 5.74. The van der Waals surface area contributed by atoms with E-state index in [0.29, 0.717) is 12.4 Å². The molecular formula is C10H7N3O3. The van der Waals surface area contributed by atoms with E-state index >= 15 is 0 Å². The van der Waals surface area contributed by atoms with Crippen LogP contribution in [0.25, 0.3) is 11.1 Å². The first kappa shape index (κ1) is 8.90. The quantitative estimate of drug-likeness (QED) is 0.584. The summed E-state index contributed by atoms with van der Waals surface area (Å²) in [4.78, 5) is 10.2. The highest BCUT2D eigenvalue weighted by atomic mass is 16.6. The van der Waals surface area contributed by atoms with Crippen molar-refractivity contribution < 1.29 is 9.66 Å². The van der Waals surface area contributed by atoms with Gasteiger partial charge in [-0.25, -0.2) is 0 Å². The third-order valence-electron chi connectivity index (χ3n) is 2.55. The number of nitro groups is 1. The Labute approximate surface area is 90.0 Å². The Bertz CT molecular complexity index is 576. The summed E-state index contributed by atoms with van der Waals surface area (Å²) < 4.78 is 5.41. The summed E-state index contributed by atoms with van der Waals surface area (Å²) in [5.41, 5.74) is 2.63. The van der Waals surface area contributed by atoms with Crippen molar-refractivity contribution in [1.29, 1.82) is 0 Å². The van der Waals surface area contributed by atoms with Crippen LogP contribution in [0.3, 0.4) is 0 Å². The minimum Gasteiger partial charge on any atom is -0.486 e. The molecule has 1 aromatic carbocycles. The lowest BCUT2D eigenvalue weighted by atomic mass is 10.0. The summed E-state index contributed by atoms with van der Waals surface area (Å²) in [5, 5.41) is 17.4. The van der Waals surface area contributed by atoms with Gasteiger partial charge >= 0.3 is 0 Å². The van der Waals surface area contributed by atoms with Crippen molar-refractivity contribution in [2.45, 2.75) is 6.61 Å². The molecule has 80 valence electrons. The predicted octanol–water partition coefficient (Wildman–Crippen LogP) is 1.88. The Morgan fingerprint density at radius 2 is 2.31 bits per heavy atom. The zero-order valence-electron chi connectivity index (χ0n) is 8.14. The summed E-state index contributed by atoms with van der Waals surface area (Å²) in [6, 6.07) is 4.58. The number of nitrogens with one attached hydrogen (secondary N) is 1. The van der Waals surface area contributed by atoms with Crippen LogP contribution in [0.4, 0.5) is 5.69 Å². The molecule has 0 atom stereocenters. The number of nitrogens with zero attached hydrogens (tertiary/aromatic N) is 2. The molecule has 0 saturated heterocycles. The van der Waals surface area contributed by atoms with E-state index in [1.165, 1.54) is 12.1 Å². The number of aromatic amines is 1. The van der Waals surface area contributed by atoms with Crippen molar-refractivity contribution in [2.24, 2.45) is 0 Å². The van der Waals surface area contributed by atoms with Gasteiger partial charge < -0.3 is 4.74 Å². The van der Waals surface area contributed by atoms with E-state index < -0.39 is 4.92 Å². The molecule has 16 heavy (non-hydrogen) atoms. The van der Waals surface area contributed by atoms with Crippen LogP contribution in [0.2, 0.25) is 0 Å². The van der Waals surface area contributed by atoms with Crippen molar-refractivity contribution in [3.63, 3.8) is 0 Å². The maximum Gasteiger partial charge on any atom is 0.273 e. The lowest BCUT2D eigenvalue weighted by molar-refractivity contribution is -0.384. The summed E-state index contributed by atoms with van der Waals surface area (Å²) in [6.45, 7) is 0.340. The fraction of sp³-hybridized carbons (Fsp3) is 0.100. The number of hydrogen-bond donors (Lipinski definition) is 1. The van der Waals surface area contributed by atoms with Crippen LogP contribution in [0.15, 0.2) is 24.4 Å². The molecule has 0 unspecified atom stereocenters. The van der Waals surface area contributed by atoms with Gasteiger partial charge in [0.1, 0.15) is 18.1 Å². The third-order valence-corrected chi connectivity index (χ3v) is 2.55. The van der Waals surface area contributed by atoms with E-state index in [1.807, 2.05) is 0 Å². The van der Waals surface area contributed by atoms with Crippen LogP contribution in [0, 0.1) is 10.1 Å². The Morgan fingerprint density at radius 3 is 3.12 bits per heavy atom. The number of benzene rings is 1. The van der Waals surface area contributed by atoms with Crippen molar-refractivity contribution >= 4 is 5.69 Å². The number of hydrogen-bond acceptors (Lipinski definition) is 4. The van der Waals surface area contributed by atoms with E-state index in [0.717, 1.165) is 16.8 Å². The van der Waals surface area contributed by atoms with Crippen molar-refractivity contribution in [3.05, 3.63) is 40.2 Å². The van der Waals surface area contributed by atoms with Gasteiger partial charge in [-0.05, 0) is 6.07 Å². The first-order valence-electron chi connectivity index (χ1n) is 4.70. The largest absolute Gasteiger partial charge is 0.486 e.